The third-order valence-corrected chi connectivity index (χ3v) is 2.69. The molecule has 0 saturated carbocycles. The van der Waals surface area contributed by atoms with Crippen LogP contribution in [0.2, 0.25) is 5.15 Å². The van der Waals surface area contributed by atoms with Gasteiger partial charge in [0.25, 0.3) is 0 Å². The molecular formula is C8H13ClN4. The van der Waals surface area contributed by atoms with E-state index in [4.69, 9.17) is 11.6 Å². The van der Waals surface area contributed by atoms with E-state index in [0.717, 1.165) is 19.6 Å². The summed E-state index contributed by atoms with van der Waals surface area (Å²) in [4.78, 5) is 0. The Morgan fingerprint density at radius 3 is 3.23 bits per heavy atom. The molecule has 2 rings (SSSR count). The Hall–Kier alpha value is -0.610. The predicted molar refractivity (Wildman–Crippen MR) is 50.6 cm³/mol. The lowest BCUT2D eigenvalue weighted by atomic mass is 10.00. The van der Waals surface area contributed by atoms with E-state index in [1.54, 1.807) is 10.9 Å². The standard InChI is InChI=1S/C8H13ClN4/c9-8-5-11-12-13(8)6-7-2-1-3-10-4-7/h5,7,10H,1-4,6H2. The monoisotopic (exact) mass is 200 g/mol. The minimum absolute atomic E-state index is 0.630. The van der Waals surface area contributed by atoms with Crippen LogP contribution in [0, 0.1) is 5.92 Å². The summed E-state index contributed by atoms with van der Waals surface area (Å²) in [5, 5.41) is 11.7. The van der Waals surface area contributed by atoms with Crippen LogP contribution >= 0.6 is 11.6 Å². The molecule has 0 aromatic carbocycles. The van der Waals surface area contributed by atoms with Gasteiger partial charge in [0.2, 0.25) is 0 Å². The van der Waals surface area contributed by atoms with E-state index in [-0.39, 0.29) is 0 Å². The minimum atomic E-state index is 0.630. The van der Waals surface area contributed by atoms with Gasteiger partial charge in [-0.25, -0.2) is 4.68 Å². The van der Waals surface area contributed by atoms with E-state index in [9.17, 15) is 0 Å². The van der Waals surface area contributed by atoms with Crippen molar-refractivity contribution in [1.82, 2.24) is 20.3 Å². The minimum Gasteiger partial charge on any atom is -0.316 e. The maximum absolute atomic E-state index is 5.88. The molecule has 0 spiro atoms. The fourth-order valence-electron chi connectivity index (χ4n) is 1.69. The molecular weight excluding hydrogens is 188 g/mol. The van der Waals surface area contributed by atoms with Gasteiger partial charge in [-0.15, -0.1) is 5.10 Å². The van der Waals surface area contributed by atoms with Crippen LogP contribution < -0.4 is 5.32 Å². The highest BCUT2D eigenvalue weighted by Crippen LogP contribution is 2.14. The summed E-state index contributed by atoms with van der Waals surface area (Å²) in [5.74, 6) is 0.646. The van der Waals surface area contributed by atoms with E-state index in [1.165, 1.54) is 12.8 Å². The molecule has 5 heteroatoms. The van der Waals surface area contributed by atoms with Crippen LogP contribution in [0.5, 0.6) is 0 Å². The van der Waals surface area contributed by atoms with Crippen LogP contribution in [0.25, 0.3) is 0 Å². The van der Waals surface area contributed by atoms with Gasteiger partial charge in [-0.1, -0.05) is 16.8 Å². The molecule has 72 valence electrons. The Labute approximate surface area is 82.3 Å². The van der Waals surface area contributed by atoms with Gasteiger partial charge in [-0.3, -0.25) is 0 Å². The van der Waals surface area contributed by atoms with Gasteiger partial charge in [0.05, 0.1) is 6.20 Å². The first-order chi connectivity index (χ1) is 6.36. The predicted octanol–water partition coefficient (Wildman–Crippen LogP) is 0.931. The summed E-state index contributed by atoms with van der Waals surface area (Å²) >= 11 is 5.88. The average Bonchev–Trinajstić information content (AvgIpc) is 2.54. The van der Waals surface area contributed by atoms with E-state index in [2.05, 4.69) is 15.6 Å². The van der Waals surface area contributed by atoms with E-state index in [1.807, 2.05) is 0 Å². The van der Waals surface area contributed by atoms with Crippen molar-refractivity contribution < 1.29 is 0 Å². The fraction of sp³-hybridized carbons (Fsp3) is 0.750. The number of hydrogen-bond acceptors (Lipinski definition) is 3. The Morgan fingerprint density at radius 2 is 2.62 bits per heavy atom. The molecule has 1 N–H and O–H groups in total. The number of hydrogen-bond donors (Lipinski definition) is 1. The topological polar surface area (TPSA) is 42.7 Å². The third-order valence-electron chi connectivity index (χ3n) is 2.40. The first kappa shape index (κ1) is 8.97. The van der Waals surface area contributed by atoms with Crippen molar-refractivity contribution in [2.45, 2.75) is 19.4 Å². The molecule has 1 aromatic heterocycles. The highest BCUT2D eigenvalue weighted by molar-refractivity contribution is 6.29. The second-order valence-electron chi connectivity index (χ2n) is 3.45. The first-order valence-corrected chi connectivity index (χ1v) is 4.99. The molecule has 1 aliphatic rings. The van der Waals surface area contributed by atoms with Crippen LogP contribution in [-0.4, -0.2) is 28.1 Å². The Kier molecular flexibility index (Phi) is 2.80. The normalized spacial score (nSPS) is 23.3. The van der Waals surface area contributed by atoms with Gasteiger partial charge >= 0.3 is 0 Å². The summed E-state index contributed by atoms with van der Waals surface area (Å²) in [5.41, 5.74) is 0. The summed E-state index contributed by atoms with van der Waals surface area (Å²) in [6.45, 7) is 3.09. The summed E-state index contributed by atoms with van der Waals surface area (Å²) < 4.78 is 1.76. The Bertz CT molecular complexity index is 267. The first-order valence-electron chi connectivity index (χ1n) is 4.61. The average molecular weight is 201 g/mol. The number of halogens is 1. The van der Waals surface area contributed by atoms with Crippen LogP contribution in [0.1, 0.15) is 12.8 Å². The van der Waals surface area contributed by atoms with E-state index >= 15 is 0 Å². The van der Waals surface area contributed by atoms with Crippen LogP contribution in [0.3, 0.4) is 0 Å². The molecule has 13 heavy (non-hydrogen) atoms. The third kappa shape index (κ3) is 2.19. The molecule has 1 fully saturated rings. The summed E-state index contributed by atoms with van der Waals surface area (Å²) in [7, 11) is 0. The maximum Gasteiger partial charge on any atom is 0.147 e. The lowest BCUT2D eigenvalue weighted by Gasteiger charge is -2.22. The SMILES string of the molecule is Clc1cnnn1CC1CCCNC1. The lowest BCUT2D eigenvalue weighted by molar-refractivity contribution is 0.322. The van der Waals surface area contributed by atoms with Crippen molar-refractivity contribution in [1.29, 1.82) is 0 Å². The van der Waals surface area contributed by atoms with Crippen molar-refractivity contribution >= 4 is 11.6 Å². The second kappa shape index (κ2) is 4.07. The zero-order chi connectivity index (χ0) is 9.10. The molecule has 0 bridgehead atoms. The maximum atomic E-state index is 5.88. The molecule has 0 aliphatic carbocycles. The molecule has 0 amide bonds. The number of aromatic nitrogens is 3. The zero-order valence-corrected chi connectivity index (χ0v) is 8.17. The Morgan fingerprint density at radius 1 is 1.69 bits per heavy atom. The number of rotatable bonds is 2. The van der Waals surface area contributed by atoms with E-state index in [0.29, 0.717) is 11.1 Å². The summed E-state index contributed by atoms with van der Waals surface area (Å²) in [6.07, 6.45) is 4.08. The van der Waals surface area contributed by atoms with Crippen molar-refractivity contribution in [2.24, 2.45) is 5.92 Å². The Balaban J connectivity index is 1.93. The molecule has 1 saturated heterocycles. The van der Waals surface area contributed by atoms with Crippen LogP contribution in [-0.2, 0) is 6.54 Å². The van der Waals surface area contributed by atoms with E-state index < -0.39 is 0 Å². The number of nitrogens with one attached hydrogen (secondary N) is 1. The van der Waals surface area contributed by atoms with Crippen molar-refractivity contribution in [3.63, 3.8) is 0 Å². The van der Waals surface area contributed by atoms with Crippen LogP contribution in [0.15, 0.2) is 6.20 Å². The smallest absolute Gasteiger partial charge is 0.147 e. The van der Waals surface area contributed by atoms with Gasteiger partial charge < -0.3 is 5.32 Å². The molecule has 2 heterocycles. The highest BCUT2D eigenvalue weighted by atomic mass is 35.5. The van der Waals surface area contributed by atoms with Gasteiger partial charge in [0, 0.05) is 6.54 Å². The lowest BCUT2D eigenvalue weighted by Crippen LogP contribution is -2.32. The largest absolute Gasteiger partial charge is 0.316 e. The fourth-order valence-corrected chi connectivity index (χ4v) is 1.84. The van der Waals surface area contributed by atoms with Gasteiger partial charge in [-0.05, 0) is 31.8 Å². The van der Waals surface area contributed by atoms with Gasteiger partial charge in [0.15, 0.2) is 0 Å². The molecule has 1 unspecified atom stereocenters. The quantitative estimate of drug-likeness (QED) is 0.773. The molecule has 4 nitrogen and oxygen atoms in total. The number of piperidine rings is 1. The molecule has 1 atom stereocenters. The molecule has 0 radical (unpaired) electrons. The van der Waals surface area contributed by atoms with Crippen LogP contribution in [0.4, 0.5) is 0 Å². The van der Waals surface area contributed by atoms with Gasteiger partial charge in [0.1, 0.15) is 5.15 Å². The van der Waals surface area contributed by atoms with Crippen molar-refractivity contribution in [3.8, 4) is 0 Å². The summed E-state index contributed by atoms with van der Waals surface area (Å²) in [6, 6.07) is 0. The zero-order valence-electron chi connectivity index (χ0n) is 7.41. The second-order valence-corrected chi connectivity index (χ2v) is 3.84. The highest BCUT2D eigenvalue weighted by Gasteiger charge is 2.14. The van der Waals surface area contributed by atoms with Crippen molar-refractivity contribution in [3.05, 3.63) is 11.3 Å². The molecule has 1 aromatic rings. The number of nitrogens with zero attached hydrogens (tertiary/aromatic N) is 3. The van der Waals surface area contributed by atoms with Gasteiger partial charge in [-0.2, -0.15) is 0 Å². The van der Waals surface area contributed by atoms with Crippen molar-refractivity contribution in [2.75, 3.05) is 13.1 Å². The molecule has 1 aliphatic heterocycles.